The Hall–Kier alpha value is -2.82. The maximum atomic E-state index is 4.85. The van der Waals surface area contributed by atoms with Gasteiger partial charge in [0.25, 0.3) is 0 Å². The van der Waals surface area contributed by atoms with Crippen molar-refractivity contribution in [3.63, 3.8) is 0 Å². The van der Waals surface area contributed by atoms with Gasteiger partial charge in [0.2, 0.25) is 0 Å². The number of nitrogens with one attached hydrogen (secondary N) is 2. The Morgan fingerprint density at radius 2 is 1.96 bits per heavy atom. The second-order valence-corrected chi connectivity index (χ2v) is 6.63. The number of nitrogens with zero attached hydrogens (tertiary/aromatic N) is 3. The third kappa shape index (κ3) is 3.57. The average Bonchev–Trinajstić information content (AvgIpc) is 3.10. The van der Waals surface area contributed by atoms with E-state index in [0.717, 1.165) is 61.8 Å². The monoisotopic (exact) mass is 347 g/mol. The highest BCUT2D eigenvalue weighted by atomic mass is 15.3. The molecule has 0 amide bonds. The lowest BCUT2D eigenvalue weighted by Gasteiger charge is -2.31. The molecule has 0 atom stereocenters. The molecule has 0 saturated carbocycles. The lowest BCUT2D eigenvalue weighted by Crippen LogP contribution is -2.44. The summed E-state index contributed by atoms with van der Waals surface area (Å²) in [6.45, 7) is 5.65. The van der Waals surface area contributed by atoms with Gasteiger partial charge >= 0.3 is 0 Å². The SMILES string of the molecule is CCNC(=NCCc1nc2ccccc2[nH]1)N1CCc2ccccc2C1. The summed E-state index contributed by atoms with van der Waals surface area (Å²) >= 11 is 0. The van der Waals surface area contributed by atoms with E-state index in [0.29, 0.717) is 0 Å². The molecule has 2 N–H and O–H groups in total. The first-order valence-electron chi connectivity index (χ1n) is 9.37. The zero-order valence-electron chi connectivity index (χ0n) is 15.2. The van der Waals surface area contributed by atoms with Crippen LogP contribution in [0.1, 0.15) is 23.9 Å². The zero-order chi connectivity index (χ0) is 17.8. The van der Waals surface area contributed by atoms with E-state index in [2.05, 4.69) is 57.4 Å². The Bertz CT molecular complexity index is 878. The summed E-state index contributed by atoms with van der Waals surface area (Å²) in [7, 11) is 0. The van der Waals surface area contributed by atoms with Gasteiger partial charge in [-0.25, -0.2) is 4.98 Å². The molecule has 4 rings (SSSR count). The molecular weight excluding hydrogens is 322 g/mol. The van der Waals surface area contributed by atoms with E-state index >= 15 is 0 Å². The van der Waals surface area contributed by atoms with Crippen LogP contribution < -0.4 is 5.32 Å². The van der Waals surface area contributed by atoms with Crippen molar-refractivity contribution in [2.45, 2.75) is 26.3 Å². The standard InChI is InChI=1S/C21H25N5/c1-2-22-21(26-14-12-16-7-3-4-8-17(16)15-26)23-13-11-20-24-18-9-5-6-10-19(18)25-20/h3-10H,2,11-15H2,1H3,(H,22,23)(H,24,25). The summed E-state index contributed by atoms with van der Waals surface area (Å²) in [5, 5.41) is 3.44. The van der Waals surface area contributed by atoms with Crippen molar-refractivity contribution in [2.75, 3.05) is 19.6 Å². The highest BCUT2D eigenvalue weighted by Gasteiger charge is 2.18. The number of fused-ring (bicyclic) bond motifs is 2. The fraction of sp³-hybridized carbons (Fsp3) is 0.333. The topological polar surface area (TPSA) is 56.3 Å². The van der Waals surface area contributed by atoms with E-state index in [4.69, 9.17) is 4.99 Å². The summed E-state index contributed by atoms with van der Waals surface area (Å²) < 4.78 is 0. The number of hydrogen-bond donors (Lipinski definition) is 2. The molecule has 0 fully saturated rings. The van der Waals surface area contributed by atoms with Crippen LogP contribution in [0.15, 0.2) is 53.5 Å². The van der Waals surface area contributed by atoms with Gasteiger partial charge in [0.05, 0.1) is 11.0 Å². The van der Waals surface area contributed by atoms with Gasteiger partial charge in [-0.15, -0.1) is 0 Å². The zero-order valence-corrected chi connectivity index (χ0v) is 15.2. The maximum Gasteiger partial charge on any atom is 0.194 e. The van der Waals surface area contributed by atoms with Crippen LogP contribution in [0.4, 0.5) is 0 Å². The number of hydrogen-bond acceptors (Lipinski definition) is 2. The Kier molecular flexibility index (Phi) is 4.86. The maximum absolute atomic E-state index is 4.85. The van der Waals surface area contributed by atoms with Crippen LogP contribution in [0.5, 0.6) is 0 Å². The minimum Gasteiger partial charge on any atom is -0.357 e. The molecule has 1 aliphatic heterocycles. The predicted molar refractivity (Wildman–Crippen MR) is 106 cm³/mol. The van der Waals surface area contributed by atoms with Crippen molar-refractivity contribution in [3.8, 4) is 0 Å². The highest BCUT2D eigenvalue weighted by molar-refractivity contribution is 5.80. The van der Waals surface area contributed by atoms with Crippen LogP contribution in [0.2, 0.25) is 0 Å². The lowest BCUT2D eigenvalue weighted by atomic mass is 10.0. The fourth-order valence-electron chi connectivity index (χ4n) is 3.49. The number of rotatable bonds is 4. The number of para-hydroxylation sites is 2. The van der Waals surface area contributed by atoms with Gasteiger partial charge in [-0.3, -0.25) is 4.99 Å². The first-order valence-corrected chi connectivity index (χ1v) is 9.37. The summed E-state index contributed by atoms with van der Waals surface area (Å²) in [5.74, 6) is 1.99. The molecule has 1 aromatic heterocycles. The smallest absolute Gasteiger partial charge is 0.194 e. The van der Waals surface area contributed by atoms with E-state index in [1.165, 1.54) is 11.1 Å². The van der Waals surface area contributed by atoms with Crippen molar-refractivity contribution < 1.29 is 0 Å². The number of guanidine groups is 1. The molecule has 3 aromatic rings. The van der Waals surface area contributed by atoms with Gasteiger partial charge in [-0.1, -0.05) is 36.4 Å². The van der Waals surface area contributed by atoms with Gasteiger partial charge < -0.3 is 15.2 Å². The second kappa shape index (κ2) is 7.60. The molecule has 26 heavy (non-hydrogen) atoms. The minimum absolute atomic E-state index is 0.723. The lowest BCUT2D eigenvalue weighted by molar-refractivity contribution is 0.379. The third-order valence-corrected chi connectivity index (χ3v) is 4.81. The number of aromatic nitrogens is 2. The van der Waals surface area contributed by atoms with Gasteiger partial charge in [0.15, 0.2) is 5.96 Å². The van der Waals surface area contributed by atoms with Crippen LogP contribution in [-0.4, -0.2) is 40.5 Å². The molecule has 0 saturated heterocycles. The molecule has 0 aliphatic carbocycles. The quantitative estimate of drug-likeness (QED) is 0.563. The molecule has 5 nitrogen and oxygen atoms in total. The van der Waals surface area contributed by atoms with E-state index in [1.807, 2.05) is 18.2 Å². The molecule has 134 valence electrons. The first-order chi connectivity index (χ1) is 12.8. The fourth-order valence-corrected chi connectivity index (χ4v) is 3.49. The number of H-pyrrole nitrogens is 1. The number of aliphatic imine (C=N–C) groups is 1. The van der Waals surface area contributed by atoms with Crippen molar-refractivity contribution >= 4 is 17.0 Å². The third-order valence-electron chi connectivity index (χ3n) is 4.81. The molecule has 0 radical (unpaired) electrons. The Labute approximate surface area is 154 Å². The molecule has 0 unspecified atom stereocenters. The van der Waals surface area contributed by atoms with E-state index in [9.17, 15) is 0 Å². The molecule has 2 aromatic carbocycles. The second-order valence-electron chi connectivity index (χ2n) is 6.63. The number of imidazole rings is 1. The number of aromatic amines is 1. The van der Waals surface area contributed by atoms with Gasteiger partial charge in [-0.2, -0.15) is 0 Å². The van der Waals surface area contributed by atoms with Crippen molar-refractivity contribution in [1.82, 2.24) is 20.2 Å². The Morgan fingerprint density at radius 3 is 2.81 bits per heavy atom. The van der Waals surface area contributed by atoms with Crippen LogP contribution in [-0.2, 0) is 19.4 Å². The Morgan fingerprint density at radius 1 is 1.15 bits per heavy atom. The van der Waals surface area contributed by atoms with Gasteiger partial charge in [0.1, 0.15) is 5.82 Å². The largest absolute Gasteiger partial charge is 0.357 e. The predicted octanol–water partition coefficient (Wildman–Crippen LogP) is 3.13. The molecule has 1 aliphatic rings. The molecule has 5 heteroatoms. The highest BCUT2D eigenvalue weighted by Crippen LogP contribution is 2.18. The summed E-state index contributed by atoms with van der Waals surface area (Å²) in [4.78, 5) is 15.2. The Balaban J connectivity index is 1.44. The van der Waals surface area contributed by atoms with E-state index in [-0.39, 0.29) is 0 Å². The molecule has 0 bridgehead atoms. The van der Waals surface area contributed by atoms with Crippen molar-refractivity contribution in [2.24, 2.45) is 4.99 Å². The van der Waals surface area contributed by atoms with Gasteiger partial charge in [-0.05, 0) is 36.6 Å². The molecule has 0 spiro atoms. The average molecular weight is 347 g/mol. The van der Waals surface area contributed by atoms with Crippen LogP contribution in [0, 0.1) is 0 Å². The normalized spacial score (nSPS) is 14.5. The van der Waals surface area contributed by atoms with Crippen LogP contribution in [0.3, 0.4) is 0 Å². The van der Waals surface area contributed by atoms with Gasteiger partial charge in [0, 0.05) is 32.6 Å². The first kappa shape index (κ1) is 16.6. The minimum atomic E-state index is 0.723. The van der Waals surface area contributed by atoms with Crippen LogP contribution in [0.25, 0.3) is 11.0 Å². The number of benzene rings is 2. The summed E-state index contributed by atoms with van der Waals surface area (Å²) in [6, 6.07) is 16.8. The molecular formula is C21H25N5. The summed E-state index contributed by atoms with van der Waals surface area (Å²) in [5.41, 5.74) is 4.97. The van der Waals surface area contributed by atoms with Crippen LogP contribution >= 0.6 is 0 Å². The molecule has 2 heterocycles. The van der Waals surface area contributed by atoms with Crippen molar-refractivity contribution in [1.29, 1.82) is 0 Å². The summed E-state index contributed by atoms with van der Waals surface area (Å²) in [6.07, 6.45) is 1.89. The van der Waals surface area contributed by atoms with Crippen molar-refractivity contribution in [3.05, 3.63) is 65.5 Å². The van der Waals surface area contributed by atoms with E-state index in [1.54, 1.807) is 0 Å². The van der Waals surface area contributed by atoms with E-state index < -0.39 is 0 Å².